The van der Waals surface area contributed by atoms with Gasteiger partial charge >= 0.3 is 28.8 Å². The largest absolute Gasteiger partial charge is 0.497 e. The highest BCUT2D eigenvalue weighted by molar-refractivity contribution is 8.00. The first-order valence-corrected chi connectivity index (χ1v) is 21.5. The fourth-order valence-corrected chi connectivity index (χ4v) is 19.8. The quantitative estimate of drug-likeness (QED) is 0.207. The Bertz CT molecular complexity index is 1460. The number of ether oxygens (including phenoxy) is 3. The van der Waals surface area contributed by atoms with E-state index in [2.05, 4.69) is 60.4 Å². The summed E-state index contributed by atoms with van der Waals surface area (Å²) in [5, 5.41) is 0. The van der Waals surface area contributed by atoms with E-state index < -0.39 is 57.5 Å². The third kappa shape index (κ3) is 7.38. The summed E-state index contributed by atoms with van der Waals surface area (Å²) in [4.78, 5) is 41.6. The molecular formula is C33H52N2O9SSi2. The van der Waals surface area contributed by atoms with Crippen molar-refractivity contribution in [2.45, 2.75) is 120 Å². The summed E-state index contributed by atoms with van der Waals surface area (Å²) in [5.41, 5.74) is 0.111. The van der Waals surface area contributed by atoms with Gasteiger partial charge in [0.05, 0.1) is 37.6 Å². The first kappa shape index (κ1) is 37.6. The molecular weight excluding hydrogens is 657 g/mol. The summed E-state index contributed by atoms with van der Waals surface area (Å²) in [6.07, 6.45) is -1.06. The summed E-state index contributed by atoms with van der Waals surface area (Å²) >= 11 is 1.49. The molecule has 1 aromatic heterocycles. The van der Waals surface area contributed by atoms with Crippen LogP contribution in [0, 0.1) is 0 Å². The summed E-state index contributed by atoms with van der Waals surface area (Å²) in [5.74, 6) is 0.750. The Morgan fingerprint density at radius 1 is 1.00 bits per heavy atom. The van der Waals surface area contributed by atoms with E-state index in [1.807, 2.05) is 24.3 Å². The van der Waals surface area contributed by atoms with Crippen molar-refractivity contribution in [3.8, 4) is 5.75 Å². The zero-order chi connectivity index (χ0) is 34.7. The predicted molar refractivity (Wildman–Crippen MR) is 187 cm³/mol. The highest BCUT2D eigenvalue weighted by atomic mass is 32.2. The minimum Gasteiger partial charge on any atom is -0.497 e. The van der Waals surface area contributed by atoms with Gasteiger partial charge in [-0.05, 0) is 46.8 Å². The summed E-state index contributed by atoms with van der Waals surface area (Å²) in [6, 6.07) is 8.99. The molecule has 4 atom stereocenters. The number of nitrogens with zero attached hydrogens (tertiary/aromatic N) is 1. The monoisotopic (exact) mass is 708 g/mol. The SMILES string of the molecule is CCOC(=O)C[C@@]1(SCc2ccc(OC)cc2)[C@@H]2O[Si](C(C)C)(C(C)C)O[Si](C(C)C)(C(C)C)OC[C@H]2O[C@H]1n1ccc(=O)[nH]c1=O. The zero-order valence-electron chi connectivity index (χ0n) is 29.4. The van der Waals surface area contributed by atoms with Crippen LogP contribution in [0.5, 0.6) is 5.75 Å². The van der Waals surface area contributed by atoms with Gasteiger partial charge in [0.1, 0.15) is 11.9 Å². The van der Waals surface area contributed by atoms with E-state index in [4.69, 9.17) is 27.2 Å². The van der Waals surface area contributed by atoms with Crippen molar-refractivity contribution in [1.82, 2.24) is 9.55 Å². The van der Waals surface area contributed by atoms with E-state index in [1.165, 1.54) is 28.6 Å². The highest BCUT2D eigenvalue weighted by Crippen LogP contribution is 2.56. The van der Waals surface area contributed by atoms with Gasteiger partial charge in [-0.15, -0.1) is 11.8 Å². The van der Waals surface area contributed by atoms with Crippen molar-refractivity contribution in [3.05, 3.63) is 62.9 Å². The molecule has 2 aliphatic heterocycles. The van der Waals surface area contributed by atoms with Crippen molar-refractivity contribution in [2.75, 3.05) is 20.3 Å². The van der Waals surface area contributed by atoms with Crippen LogP contribution in [0.25, 0.3) is 0 Å². The predicted octanol–water partition coefficient (Wildman–Crippen LogP) is 6.02. The Morgan fingerprint density at radius 3 is 2.15 bits per heavy atom. The van der Waals surface area contributed by atoms with Crippen molar-refractivity contribution in [3.63, 3.8) is 0 Å². The third-order valence-corrected chi connectivity index (χ3v) is 21.2. The van der Waals surface area contributed by atoms with Crippen LogP contribution < -0.4 is 16.0 Å². The van der Waals surface area contributed by atoms with Crippen molar-refractivity contribution < 1.29 is 32.0 Å². The Morgan fingerprint density at radius 2 is 1.62 bits per heavy atom. The lowest BCUT2D eigenvalue weighted by Crippen LogP contribution is -2.67. The molecule has 0 amide bonds. The van der Waals surface area contributed by atoms with Crippen LogP contribution in [0.15, 0.2) is 46.1 Å². The first-order chi connectivity index (χ1) is 22.2. The summed E-state index contributed by atoms with van der Waals surface area (Å²) in [7, 11) is -4.45. The number of benzene rings is 1. The molecule has 14 heteroatoms. The van der Waals surface area contributed by atoms with E-state index in [-0.39, 0.29) is 41.8 Å². The maximum Gasteiger partial charge on any atom is 0.335 e. The lowest BCUT2D eigenvalue weighted by molar-refractivity contribution is -0.145. The van der Waals surface area contributed by atoms with E-state index in [9.17, 15) is 14.4 Å². The number of aromatic amines is 1. The average molecular weight is 709 g/mol. The Balaban J connectivity index is 1.97. The van der Waals surface area contributed by atoms with Crippen LogP contribution in [0.2, 0.25) is 22.2 Å². The van der Waals surface area contributed by atoms with Gasteiger partial charge in [-0.2, -0.15) is 0 Å². The van der Waals surface area contributed by atoms with Gasteiger partial charge in [0, 0.05) is 18.0 Å². The number of hydrogen-bond donors (Lipinski definition) is 1. The maximum absolute atomic E-state index is 13.6. The van der Waals surface area contributed by atoms with E-state index in [0.29, 0.717) is 5.75 Å². The molecule has 0 spiro atoms. The number of hydrogen-bond acceptors (Lipinski definition) is 10. The lowest BCUT2D eigenvalue weighted by Gasteiger charge is -2.52. The first-order valence-electron chi connectivity index (χ1n) is 16.6. The number of aromatic nitrogens is 2. The molecule has 0 saturated carbocycles. The van der Waals surface area contributed by atoms with Crippen LogP contribution in [0.1, 0.15) is 80.5 Å². The Labute approximate surface area is 284 Å². The van der Waals surface area contributed by atoms with Crippen molar-refractivity contribution in [1.29, 1.82) is 0 Å². The van der Waals surface area contributed by atoms with Crippen LogP contribution >= 0.6 is 11.8 Å². The third-order valence-electron chi connectivity index (χ3n) is 9.36. The molecule has 3 heterocycles. The van der Waals surface area contributed by atoms with E-state index in [0.717, 1.165) is 11.3 Å². The summed E-state index contributed by atoms with van der Waals surface area (Å²) in [6.45, 7) is 19.3. The number of thioether (sulfide) groups is 1. The molecule has 0 radical (unpaired) electrons. The van der Waals surface area contributed by atoms with E-state index in [1.54, 1.807) is 14.0 Å². The molecule has 2 aliphatic rings. The number of esters is 1. The Hall–Kier alpha value is -2.21. The van der Waals surface area contributed by atoms with Crippen molar-refractivity contribution >= 4 is 34.9 Å². The summed E-state index contributed by atoms with van der Waals surface area (Å²) < 4.78 is 39.9. The van der Waals surface area contributed by atoms with E-state index >= 15 is 0 Å². The molecule has 2 saturated heterocycles. The lowest BCUT2D eigenvalue weighted by atomic mass is 9.94. The van der Waals surface area contributed by atoms with Gasteiger partial charge in [-0.3, -0.25) is 19.1 Å². The number of carbonyl (C=O) groups is 1. The molecule has 2 aromatic rings. The van der Waals surface area contributed by atoms with Gasteiger partial charge < -0.3 is 27.2 Å². The molecule has 2 fully saturated rings. The number of carbonyl (C=O) groups excluding carboxylic acids is 1. The van der Waals surface area contributed by atoms with Crippen LogP contribution in [0.3, 0.4) is 0 Å². The minimum atomic E-state index is -3.17. The molecule has 0 bridgehead atoms. The number of fused-ring (bicyclic) bond motifs is 1. The van der Waals surface area contributed by atoms with Gasteiger partial charge in [0.25, 0.3) is 5.56 Å². The number of rotatable bonds is 12. The molecule has 0 aliphatic carbocycles. The van der Waals surface area contributed by atoms with Gasteiger partial charge in [0.15, 0.2) is 6.23 Å². The van der Waals surface area contributed by atoms with Gasteiger partial charge in [0.2, 0.25) is 0 Å². The molecule has 11 nitrogen and oxygen atoms in total. The number of nitrogens with one attached hydrogen (secondary N) is 1. The smallest absolute Gasteiger partial charge is 0.335 e. The average Bonchev–Trinajstić information content (AvgIpc) is 3.27. The van der Waals surface area contributed by atoms with Crippen LogP contribution in [0.4, 0.5) is 0 Å². The molecule has 4 rings (SSSR count). The maximum atomic E-state index is 13.6. The van der Waals surface area contributed by atoms with Crippen LogP contribution in [-0.2, 0) is 33.0 Å². The fourth-order valence-electron chi connectivity index (χ4n) is 6.92. The molecule has 1 N–H and O–H groups in total. The van der Waals surface area contributed by atoms with Crippen molar-refractivity contribution in [2.24, 2.45) is 0 Å². The van der Waals surface area contributed by atoms with Crippen LogP contribution in [-0.4, -0.2) is 69.9 Å². The van der Waals surface area contributed by atoms with Gasteiger partial charge in [-0.25, -0.2) is 4.79 Å². The standard InChI is InChI=1S/C33H52N2O9SSi2/c1-11-40-29(37)18-33(45-20-25-12-14-26(39-10)15-13-25)30-27(42-31(33)35-17-16-28(36)34-32(35)38)19-41-46(21(2)3,22(4)5)44-47(43-30,23(6)7)24(8)9/h12-17,21-24,27,30-31H,11,18-20H2,1-10H3,(H,34,36,38)/t27-,30-,31-,33-/m1/s1. The highest BCUT2D eigenvalue weighted by Gasteiger charge is 2.66. The minimum absolute atomic E-state index is 0.0240. The topological polar surface area (TPSA) is 127 Å². The fraction of sp³-hybridized carbons (Fsp3) is 0.667. The second-order valence-corrected chi connectivity index (χ2v) is 23.8. The second-order valence-electron chi connectivity index (χ2n) is 13.6. The Kier molecular flexibility index (Phi) is 12.1. The number of H-pyrrole nitrogens is 1. The zero-order valence-corrected chi connectivity index (χ0v) is 32.2. The normalized spacial score (nSPS) is 25.5. The molecule has 1 aromatic carbocycles. The molecule has 0 unspecified atom stereocenters. The second kappa shape index (κ2) is 15.1. The van der Waals surface area contributed by atoms with Gasteiger partial charge in [-0.1, -0.05) is 67.5 Å². The number of methoxy groups -OCH3 is 1. The molecule has 262 valence electrons. The molecule has 47 heavy (non-hydrogen) atoms.